The molecule has 0 atom stereocenters. The average Bonchev–Trinajstić information content (AvgIpc) is 3.35. The highest BCUT2D eigenvalue weighted by Gasteiger charge is 2.22. The summed E-state index contributed by atoms with van der Waals surface area (Å²) < 4.78 is 0. The molecule has 26 heavy (non-hydrogen) atoms. The summed E-state index contributed by atoms with van der Waals surface area (Å²) in [6.45, 7) is 3.30. The number of rotatable bonds is 4. The summed E-state index contributed by atoms with van der Waals surface area (Å²) in [6, 6.07) is 1.92. The van der Waals surface area contributed by atoms with Crippen molar-refractivity contribution < 1.29 is 4.79 Å². The van der Waals surface area contributed by atoms with Crippen molar-refractivity contribution in [1.29, 1.82) is 0 Å². The van der Waals surface area contributed by atoms with Crippen molar-refractivity contribution in [2.45, 2.75) is 31.7 Å². The van der Waals surface area contributed by atoms with Crippen LogP contribution in [0.1, 0.15) is 25.7 Å². The Bertz CT molecular complexity index is 725. The summed E-state index contributed by atoms with van der Waals surface area (Å²) >= 11 is 1.40. The minimum atomic E-state index is -0.189. The number of amides is 2. The highest BCUT2D eigenvalue weighted by Crippen LogP contribution is 2.25. The zero-order valence-electron chi connectivity index (χ0n) is 14.5. The molecule has 1 saturated carbocycles. The van der Waals surface area contributed by atoms with Crippen LogP contribution in [-0.4, -0.2) is 58.4 Å². The number of aromatic nitrogens is 4. The molecule has 2 aliphatic rings. The van der Waals surface area contributed by atoms with E-state index in [1.54, 1.807) is 12.4 Å². The molecule has 0 unspecified atom stereocenters. The van der Waals surface area contributed by atoms with E-state index in [1.807, 2.05) is 6.07 Å². The number of nitrogens with one attached hydrogen (secondary N) is 2. The van der Waals surface area contributed by atoms with Gasteiger partial charge >= 0.3 is 6.03 Å². The lowest BCUT2D eigenvalue weighted by Crippen LogP contribution is -2.47. The van der Waals surface area contributed by atoms with E-state index in [4.69, 9.17) is 0 Å². The van der Waals surface area contributed by atoms with Gasteiger partial charge in [-0.05, 0) is 18.9 Å². The Morgan fingerprint density at radius 3 is 2.46 bits per heavy atom. The van der Waals surface area contributed by atoms with E-state index < -0.39 is 0 Å². The van der Waals surface area contributed by atoms with Crippen molar-refractivity contribution in [3.05, 3.63) is 18.5 Å². The molecule has 2 aromatic heterocycles. The molecular formula is C16H22N8OS. The first-order chi connectivity index (χ1) is 12.8. The molecule has 0 spiro atoms. The number of hydrogen-bond acceptors (Lipinski definition) is 8. The fourth-order valence-electron chi connectivity index (χ4n) is 3.33. The van der Waals surface area contributed by atoms with Gasteiger partial charge in [-0.1, -0.05) is 24.2 Å². The Labute approximate surface area is 155 Å². The summed E-state index contributed by atoms with van der Waals surface area (Å²) in [5.74, 6) is 0.760. The molecule has 10 heteroatoms. The monoisotopic (exact) mass is 374 g/mol. The molecule has 2 amide bonds. The highest BCUT2D eigenvalue weighted by atomic mass is 32.1. The first-order valence-corrected chi connectivity index (χ1v) is 9.77. The van der Waals surface area contributed by atoms with Crippen LogP contribution in [0, 0.1) is 0 Å². The molecule has 138 valence electrons. The normalized spacial score (nSPS) is 18.2. The maximum atomic E-state index is 12.0. The largest absolute Gasteiger partial charge is 0.343 e. The van der Waals surface area contributed by atoms with Crippen LogP contribution < -0.4 is 20.4 Å². The van der Waals surface area contributed by atoms with Gasteiger partial charge in [0.2, 0.25) is 16.2 Å². The van der Waals surface area contributed by atoms with Crippen molar-refractivity contribution in [1.82, 2.24) is 25.5 Å². The molecule has 0 radical (unpaired) electrons. The lowest BCUT2D eigenvalue weighted by Gasteiger charge is -2.34. The number of urea groups is 1. The Morgan fingerprint density at radius 2 is 1.73 bits per heavy atom. The molecule has 2 fully saturated rings. The summed E-state index contributed by atoms with van der Waals surface area (Å²) in [7, 11) is 0. The summed E-state index contributed by atoms with van der Waals surface area (Å²) in [5, 5.41) is 15.5. The Hall–Kier alpha value is -2.49. The van der Waals surface area contributed by atoms with Crippen LogP contribution >= 0.6 is 11.3 Å². The Kier molecular flexibility index (Phi) is 5.09. The second kappa shape index (κ2) is 7.81. The first-order valence-electron chi connectivity index (χ1n) is 8.96. The smallest absolute Gasteiger partial charge is 0.321 e. The third-order valence-electron chi connectivity index (χ3n) is 4.71. The summed E-state index contributed by atoms with van der Waals surface area (Å²) in [5.41, 5.74) is 0. The Morgan fingerprint density at radius 1 is 1.04 bits per heavy atom. The van der Waals surface area contributed by atoms with E-state index in [0.29, 0.717) is 5.13 Å². The molecule has 2 N–H and O–H groups in total. The molecule has 1 aliphatic carbocycles. The second-order valence-electron chi connectivity index (χ2n) is 6.49. The van der Waals surface area contributed by atoms with Gasteiger partial charge in [0.25, 0.3) is 0 Å². The third-order valence-corrected chi connectivity index (χ3v) is 5.61. The topological polar surface area (TPSA) is 99.2 Å². The molecule has 4 rings (SSSR count). The highest BCUT2D eigenvalue weighted by molar-refractivity contribution is 7.19. The van der Waals surface area contributed by atoms with E-state index in [9.17, 15) is 4.79 Å². The van der Waals surface area contributed by atoms with Crippen LogP contribution in [0.5, 0.6) is 0 Å². The van der Waals surface area contributed by atoms with E-state index in [0.717, 1.165) is 50.1 Å². The average molecular weight is 374 g/mol. The lowest BCUT2D eigenvalue weighted by molar-refractivity contribution is 0.248. The predicted molar refractivity (Wildman–Crippen MR) is 101 cm³/mol. The minimum Gasteiger partial charge on any atom is -0.343 e. The number of hydrogen-bond donors (Lipinski definition) is 2. The molecule has 9 nitrogen and oxygen atoms in total. The molecule has 1 aliphatic heterocycles. The van der Waals surface area contributed by atoms with Crippen LogP contribution in [0.25, 0.3) is 0 Å². The molecule has 2 aromatic rings. The zero-order valence-corrected chi connectivity index (χ0v) is 15.3. The van der Waals surface area contributed by atoms with Gasteiger partial charge in [-0.25, -0.2) is 14.8 Å². The SMILES string of the molecule is O=C(Nc1nnc(N2CCN(c3ncccn3)CC2)s1)NC1CCCC1. The number of piperazine rings is 1. The summed E-state index contributed by atoms with van der Waals surface area (Å²) in [4.78, 5) is 25.0. The van der Waals surface area contributed by atoms with Gasteiger partial charge in [-0.15, -0.1) is 10.2 Å². The van der Waals surface area contributed by atoms with Crippen molar-refractivity contribution in [3.8, 4) is 0 Å². The van der Waals surface area contributed by atoms with E-state index >= 15 is 0 Å². The fourth-order valence-corrected chi connectivity index (χ4v) is 4.13. The molecule has 0 bridgehead atoms. The van der Waals surface area contributed by atoms with Gasteiger partial charge in [0, 0.05) is 44.6 Å². The zero-order chi connectivity index (χ0) is 17.8. The first kappa shape index (κ1) is 17.0. The van der Waals surface area contributed by atoms with Crippen LogP contribution in [0.2, 0.25) is 0 Å². The minimum absolute atomic E-state index is 0.189. The van der Waals surface area contributed by atoms with Gasteiger partial charge < -0.3 is 15.1 Å². The number of carbonyl (C=O) groups is 1. The van der Waals surface area contributed by atoms with E-state index in [1.165, 1.54) is 24.2 Å². The molecule has 0 aromatic carbocycles. The standard InChI is InChI=1S/C16H22N8OS/c25-14(19-12-4-1-2-5-12)20-15-21-22-16(26-15)24-10-8-23(9-11-24)13-17-6-3-7-18-13/h3,6-7,12H,1-2,4-5,8-11H2,(H2,19,20,21,25). The van der Waals surface area contributed by atoms with E-state index in [-0.39, 0.29) is 12.1 Å². The molecule has 1 saturated heterocycles. The van der Waals surface area contributed by atoms with Crippen LogP contribution in [-0.2, 0) is 0 Å². The second-order valence-corrected chi connectivity index (χ2v) is 7.45. The van der Waals surface area contributed by atoms with E-state index in [2.05, 4.69) is 40.6 Å². The number of nitrogens with zero attached hydrogens (tertiary/aromatic N) is 6. The molecular weight excluding hydrogens is 352 g/mol. The van der Waals surface area contributed by atoms with Gasteiger partial charge in [0.05, 0.1) is 0 Å². The van der Waals surface area contributed by atoms with Gasteiger partial charge in [0.15, 0.2) is 0 Å². The Balaban J connectivity index is 1.29. The van der Waals surface area contributed by atoms with Gasteiger partial charge in [-0.3, -0.25) is 5.32 Å². The van der Waals surface area contributed by atoms with Crippen molar-refractivity contribution in [2.75, 3.05) is 41.3 Å². The van der Waals surface area contributed by atoms with Gasteiger partial charge in [0.1, 0.15) is 0 Å². The quantitative estimate of drug-likeness (QED) is 0.840. The van der Waals surface area contributed by atoms with Crippen molar-refractivity contribution in [2.24, 2.45) is 0 Å². The maximum absolute atomic E-state index is 12.0. The summed E-state index contributed by atoms with van der Waals surface area (Å²) in [6.07, 6.45) is 8.01. The van der Waals surface area contributed by atoms with Crippen molar-refractivity contribution in [3.63, 3.8) is 0 Å². The number of carbonyl (C=O) groups excluding carboxylic acids is 1. The maximum Gasteiger partial charge on any atom is 0.321 e. The molecule has 3 heterocycles. The fraction of sp³-hybridized carbons (Fsp3) is 0.562. The van der Waals surface area contributed by atoms with Crippen LogP contribution in [0.3, 0.4) is 0 Å². The van der Waals surface area contributed by atoms with Crippen molar-refractivity contribution >= 4 is 33.6 Å². The third kappa shape index (κ3) is 4.01. The van der Waals surface area contributed by atoms with Crippen LogP contribution in [0.15, 0.2) is 18.5 Å². The van der Waals surface area contributed by atoms with Gasteiger partial charge in [-0.2, -0.15) is 0 Å². The number of anilines is 3. The predicted octanol–water partition coefficient (Wildman–Crippen LogP) is 1.72. The lowest BCUT2D eigenvalue weighted by atomic mass is 10.3. The van der Waals surface area contributed by atoms with Crippen LogP contribution in [0.4, 0.5) is 21.0 Å².